The molecule has 13 heavy (non-hydrogen) atoms. The Balaban J connectivity index is 1.99. The molecule has 0 bridgehead atoms. The Hall–Kier alpha value is -0.200. The molecule has 0 nitrogen and oxygen atoms in total. The molecule has 0 amide bonds. The van der Waals surface area contributed by atoms with Crippen LogP contribution >= 0.6 is 23.2 Å². The van der Waals surface area contributed by atoms with Crippen molar-refractivity contribution in [1.29, 1.82) is 0 Å². The quantitative estimate of drug-likeness (QED) is 0.580. The molecule has 1 fully saturated rings. The summed E-state index contributed by atoms with van der Waals surface area (Å²) in [6.07, 6.45) is 2.13. The van der Waals surface area contributed by atoms with Gasteiger partial charge in [0.1, 0.15) is 4.33 Å². The predicted octanol–water partition coefficient (Wildman–Crippen LogP) is 3.21. The standard InChI is InChI=1S/C11H10Cl2/c12-11(13)9-5-7-3-1-2-4-8(7)6-10(9)11/h1-4,9-10H,5-6H2. The molecule has 68 valence electrons. The Morgan fingerprint density at radius 3 is 1.92 bits per heavy atom. The third kappa shape index (κ3) is 1.05. The Morgan fingerprint density at radius 1 is 1.00 bits per heavy atom. The maximum Gasteiger partial charge on any atom is 0.125 e. The van der Waals surface area contributed by atoms with Gasteiger partial charge in [0.05, 0.1) is 0 Å². The summed E-state index contributed by atoms with van der Waals surface area (Å²) in [6, 6.07) is 8.55. The number of rotatable bonds is 0. The highest BCUT2D eigenvalue weighted by Gasteiger charge is 2.63. The fourth-order valence-electron chi connectivity index (χ4n) is 2.45. The van der Waals surface area contributed by atoms with Crippen LogP contribution in [-0.4, -0.2) is 4.33 Å². The largest absolute Gasteiger partial charge is 0.125 e. The van der Waals surface area contributed by atoms with Crippen LogP contribution in [-0.2, 0) is 12.8 Å². The summed E-state index contributed by atoms with van der Waals surface area (Å²) in [4.78, 5) is 0. The van der Waals surface area contributed by atoms with Crippen molar-refractivity contribution in [3.8, 4) is 0 Å². The van der Waals surface area contributed by atoms with E-state index in [2.05, 4.69) is 24.3 Å². The Labute approximate surface area is 87.9 Å². The van der Waals surface area contributed by atoms with Crippen LogP contribution in [0.3, 0.4) is 0 Å². The van der Waals surface area contributed by atoms with Crippen LogP contribution in [0.1, 0.15) is 11.1 Å². The maximum atomic E-state index is 6.17. The van der Waals surface area contributed by atoms with E-state index in [0.29, 0.717) is 11.8 Å². The molecule has 1 saturated carbocycles. The van der Waals surface area contributed by atoms with Crippen molar-refractivity contribution in [1.82, 2.24) is 0 Å². The van der Waals surface area contributed by atoms with Crippen LogP contribution < -0.4 is 0 Å². The SMILES string of the molecule is ClC1(Cl)C2Cc3ccccc3CC21. The van der Waals surface area contributed by atoms with Crippen molar-refractivity contribution in [2.24, 2.45) is 11.8 Å². The molecule has 2 heteroatoms. The minimum Gasteiger partial charge on any atom is -0.101 e. The smallest absolute Gasteiger partial charge is 0.101 e. The third-order valence-corrected chi connectivity index (χ3v) is 4.48. The average Bonchev–Trinajstić information content (AvgIpc) is 2.66. The molecule has 1 aromatic rings. The molecule has 0 aliphatic heterocycles. The van der Waals surface area contributed by atoms with Crippen molar-refractivity contribution in [2.75, 3.05) is 0 Å². The first kappa shape index (κ1) is 8.14. The number of alkyl halides is 2. The number of benzene rings is 1. The molecule has 0 saturated heterocycles. The van der Waals surface area contributed by atoms with Gasteiger partial charge < -0.3 is 0 Å². The zero-order valence-electron chi connectivity index (χ0n) is 7.13. The van der Waals surface area contributed by atoms with Crippen molar-refractivity contribution in [3.63, 3.8) is 0 Å². The van der Waals surface area contributed by atoms with Gasteiger partial charge in [-0.2, -0.15) is 0 Å². The van der Waals surface area contributed by atoms with E-state index in [1.807, 2.05) is 0 Å². The van der Waals surface area contributed by atoms with Crippen molar-refractivity contribution in [2.45, 2.75) is 17.2 Å². The molecule has 0 heterocycles. The minimum atomic E-state index is -0.432. The van der Waals surface area contributed by atoms with Gasteiger partial charge in [-0.25, -0.2) is 0 Å². The van der Waals surface area contributed by atoms with E-state index in [1.54, 1.807) is 0 Å². The van der Waals surface area contributed by atoms with Gasteiger partial charge in [0.2, 0.25) is 0 Å². The van der Waals surface area contributed by atoms with E-state index in [1.165, 1.54) is 11.1 Å². The zero-order chi connectivity index (χ0) is 9.05. The Kier molecular flexibility index (Phi) is 1.52. The fourth-order valence-corrected chi connectivity index (χ4v) is 3.24. The lowest BCUT2D eigenvalue weighted by atomic mass is 9.92. The van der Waals surface area contributed by atoms with Crippen LogP contribution in [0.25, 0.3) is 0 Å². The van der Waals surface area contributed by atoms with Crippen LogP contribution in [0, 0.1) is 11.8 Å². The van der Waals surface area contributed by atoms with Crippen LogP contribution in [0.4, 0.5) is 0 Å². The Morgan fingerprint density at radius 2 is 1.46 bits per heavy atom. The zero-order valence-corrected chi connectivity index (χ0v) is 8.65. The molecule has 0 spiro atoms. The molecule has 0 N–H and O–H groups in total. The summed E-state index contributed by atoms with van der Waals surface area (Å²) in [5, 5.41) is 0. The topological polar surface area (TPSA) is 0 Å². The summed E-state index contributed by atoms with van der Waals surface area (Å²) in [6.45, 7) is 0. The van der Waals surface area contributed by atoms with E-state index in [-0.39, 0.29) is 0 Å². The molecule has 3 rings (SSSR count). The van der Waals surface area contributed by atoms with Gasteiger partial charge in [-0.1, -0.05) is 24.3 Å². The lowest BCUT2D eigenvalue weighted by Crippen LogP contribution is -2.04. The molecule has 2 unspecified atom stereocenters. The summed E-state index contributed by atoms with van der Waals surface area (Å²) >= 11 is 12.3. The molecule has 2 aliphatic rings. The van der Waals surface area contributed by atoms with Crippen molar-refractivity contribution >= 4 is 23.2 Å². The lowest BCUT2D eigenvalue weighted by Gasteiger charge is -2.12. The van der Waals surface area contributed by atoms with Gasteiger partial charge in [-0.15, -0.1) is 23.2 Å². The second kappa shape index (κ2) is 2.43. The molecule has 2 atom stereocenters. The number of hydrogen-bond donors (Lipinski definition) is 0. The average molecular weight is 213 g/mol. The molecule has 2 aliphatic carbocycles. The van der Waals surface area contributed by atoms with Crippen molar-refractivity contribution in [3.05, 3.63) is 35.4 Å². The van der Waals surface area contributed by atoms with Crippen LogP contribution in [0.15, 0.2) is 24.3 Å². The Bertz CT molecular complexity index is 324. The second-order valence-electron chi connectivity index (χ2n) is 4.06. The maximum absolute atomic E-state index is 6.17. The van der Waals surface area contributed by atoms with Crippen LogP contribution in [0.2, 0.25) is 0 Å². The van der Waals surface area contributed by atoms with Gasteiger partial charge in [0, 0.05) is 11.8 Å². The van der Waals surface area contributed by atoms with E-state index < -0.39 is 4.33 Å². The highest BCUT2D eigenvalue weighted by Crippen LogP contribution is 2.63. The normalized spacial score (nSPS) is 33.4. The number of fused-ring (bicyclic) bond motifs is 2. The minimum absolute atomic E-state index is 0.432. The van der Waals surface area contributed by atoms with Gasteiger partial charge in [-0.3, -0.25) is 0 Å². The summed E-state index contributed by atoms with van der Waals surface area (Å²) < 4.78 is -0.432. The van der Waals surface area contributed by atoms with Gasteiger partial charge in [0.15, 0.2) is 0 Å². The lowest BCUT2D eigenvalue weighted by molar-refractivity contribution is 0.648. The highest BCUT2D eigenvalue weighted by atomic mass is 35.5. The first-order valence-electron chi connectivity index (χ1n) is 4.64. The second-order valence-corrected chi connectivity index (χ2v) is 5.51. The molecule has 0 radical (unpaired) electrons. The third-order valence-electron chi connectivity index (χ3n) is 3.36. The highest BCUT2D eigenvalue weighted by molar-refractivity contribution is 6.51. The van der Waals surface area contributed by atoms with E-state index in [0.717, 1.165) is 12.8 Å². The molecule has 0 aromatic heterocycles. The monoisotopic (exact) mass is 212 g/mol. The molecular weight excluding hydrogens is 203 g/mol. The molecule has 1 aromatic carbocycles. The van der Waals surface area contributed by atoms with E-state index in [9.17, 15) is 0 Å². The van der Waals surface area contributed by atoms with Crippen molar-refractivity contribution < 1.29 is 0 Å². The van der Waals surface area contributed by atoms with Gasteiger partial charge in [-0.05, 0) is 24.0 Å². The summed E-state index contributed by atoms with van der Waals surface area (Å²) in [5.41, 5.74) is 2.87. The summed E-state index contributed by atoms with van der Waals surface area (Å²) in [5.74, 6) is 1.01. The number of hydrogen-bond acceptors (Lipinski definition) is 0. The predicted molar refractivity (Wildman–Crippen MR) is 55.3 cm³/mol. The van der Waals surface area contributed by atoms with Gasteiger partial charge >= 0.3 is 0 Å². The molecular formula is C11H10Cl2. The number of halogens is 2. The first-order chi connectivity index (χ1) is 6.19. The first-order valence-corrected chi connectivity index (χ1v) is 5.40. The fraction of sp³-hybridized carbons (Fsp3) is 0.455. The van der Waals surface area contributed by atoms with Crippen LogP contribution in [0.5, 0.6) is 0 Å². The summed E-state index contributed by atoms with van der Waals surface area (Å²) in [7, 11) is 0. The van der Waals surface area contributed by atoms with Gasteiger partial charge in [0.25, 0.3) is 0 Å². The van der Waals surface area contributed by atoms with E-state index in [4.69, 9.17) is 23.2 Å². The van der Waals surface area contributed by atoms with E-state index >= 15 is 0 Å².